The predicted octanol–water partition coefficient (Wildman–Crippen LogP) is 3.47. The number of benzene rings is 2. The molecule has 0 fully saturated rings. The van der Waals surface area contributed by atoms with Gasteiger partial charge in [-0.25, -0.2) is 0 Å². The number of nitrogens with one attached hydrogen (secondary N) is 3. The fourth-order valence-electron chi connectivity index (χ4n) is 3.39. The molecular weight excluding hydrogens is 565 g/mol. The van der Waals surface area contributed by atoms with E-state index in [4.69, 9.17) is 16.3 Å². The quantitative estimate of drug-likeness (QED) is 0.244. The molecule has 0 aliphatic heterocycles. The Morgan fingerprint density at radius 3 is 2.15 bits per heavy atom. The van der Waals surface area contributed by atoms with Crippen LogP contribution in [0.4, 0.5) is 22.0 Å². The molecule has 218 valence electrons. The number of ketones is 1. The highest BCUT2D eigenvalue weighted by Crippen LogP contribution is 2.22. The zero-order valence-electron chi connectivity index (χ0n) is 21.4. The lowest BCUT2D eigenvalue weighted by atomic mass is 9.94. The lowest BCUT2D eigenvalue weighted by Crippen LogP contribution is -2.59. The summed E-state index contributed by atoms with van der Waals surface area (Å²) < 4.78 is 71.4. The Bertz CT molecular complexity index is 1190. The molecule has 3 N–H and O–H groups in total. The Morgan fingerprint density at radius 2 is 1.57 bits per heavy atom. The molecular formula is C26H27ClF5N3O5. The number of hydrogen-bond acceptors (Lipinski definition) is 5. The second kappa shape index (κ2) is 14.1. The summed E-state index contributed by atoms with van der Waals surface area (Å²) >= 11 is 5.88. The SMILES string of the molecule is CC(C)C(NC(=O)C(Cc1ccccc1)NC(=O)COc1cccc(Cl)c1)C(=O)C(F)(F)C(=O)NCC(F)(F)F. The molecule has 0 heterocycles. The maximum atomic E-state index is 14.5. The molecule has 3 amide bonds. The van der Waals surface area contributed by atoms with E-state index in [1.54, 1.807) is 42.5 Å². The first kappa shape index (κ1) is 32.5. The van der Waals surface area contributed by atoms with Gasteiger partial charge in [-0.05, 0) is 29.7 Å². The topological polar surface area (TPSA) is 114 Å². The van der Waals surface area contributed by atoms with Gasteiger partial charge in [-0.15, -0.1) is 0 Å². The molecule has 2 aromatic carbocycles. The monoisotopic (exact) mass is 591 g/mol. The summed E-state index contributed by atoms with van der Waals surface area (Å²) in [7, 11) is 0. The maximum Gasteiger partial charge on any atom is 0.405 e. The fourth-order valence-corrected chi connectivity index (χ4v) is 3.57. The zero-order valence-corrected chi connectivity index (χ0v) is 22.1. The summed E-state index contributed by atoms with van der Waals surface area (Å²) in [5.41, 5.74) is 0.572. The first-order valence-electron chi connectivity index (χ1n) is 11.9. The molecule has 2 rings (SSSR count). The van der Waals surface area contributed by atoms with E-state index in [0.29, 0.717) is 10.6 Å². The summed E-state index contributed by atoms with van der Waals surface area (Å²) in [6, 6.07) is 11.1. The number of Topliss-reactive ketones (excluding diaryl/α,β-unsaturated/α-hetero) is 1. The molecule has 0 spiro atoms. The first-order valence-corrected chi connectivity index (χ1v) is 12.3. The van der Waals surface area contributed by atoms with Gasteiger partial charge in [0.05, 0.1) is 6.04 Å². The van der Waals surface area contributed by atoms with Gasteiger partial charge < -0.3 is 20.7 Å². The van der Waals surface area contributed by atoms with Crippen LogP contribution in [0, 0.1) is 5.92 Å². The zero-order chi connectivity index (χ0) is 30.1. The molecule has 0 aromatic heterocycles. The summed E-state index contributed by atoms with van der Waals surface area (Å²) in [4.78, 5) is 50.0. The number of rotatable bonds is 13. The molecule has 8 nitrogen and oxygen atoms in total. The summed E-state index contributed by atoms with van der Waals surface area (Å²) in [5, 5.41) is 5.86. The molecule has 2 atom stereocenters. The molecule has 0 bridgehead atoms. The number of hydrogen-bond donors (Lipinski definition) is 3. The largest absolute Gasteiger partial charge is 0.484 e. The van der Waals surface area contributed by atoms with Crippen LogP contribution in [0.25, 0.3) is 0 Å². The second-order valence-electron chi connectivity index (χ2n) is 9.02. The van der Waals surface area contributed by atoms with E-state index in [2.05, 4.69) is 10.6 Å². The fraction of sp³-hybridized carbons (Fsp3) is 0.385. The van der Waals surface area contributed by atoms with Gasteiger partial charge in [0.15, 0.2) is 6.61 Å². The van der Waals surface area contributed by atoms with Crippen molar-refractivity contribution in [2.75, 3.05) is 13.2 Å². The van der Waals surface area contributed by atoms with Crippen molar-refractivity contribution in [3.63, 3.8) is 0 Å². The van der Waals surface area contributed by atoms with E-state index < -0.39 is 66.8 Å². The second-order valence-corrected chi connectivity index (χ2v) is 9.46. The van der Waals surface area contributed by atoms with Crippen LogP contribution in [0.3, 0.4) is 0 Å². The molecule has 40 heavy (non-hydrogen) atoms. The Balaban J connectivity index is 2.19. The van der Waals surface area contributed by atoms with Crippen molar-refractivity contribution < 1.29 is 45.9 Å². The molecule has 0 radical (unpaired) electrons. The molecule has 0 saturated carbocycles. The van der Waals surface area contributed by atoms with Crippen molar-refractivity contribution >= 4 is 35.1 Å². The average Bonchev–Trinajstić information content (AvgIpc) is 2.88. The smallest absolute Gasteiger partial charge is 0.405 e. The Hall–Kier alpha value is -3.74. The third-order valence-corrected chi connectivity index (χ3v) is 5.63. The van der Waals surface area contributed by atoms with Gasteiger partial charge in [0.25, 0.3) is 11.8 Å². The van der Waals surface area contributed by atoms with Crippen LogP contribution in [-0.4, -0.2) is 60.8 Å². The highest BCUT2D eigenvalue weighted by molar-refractivity contribution is 6.30. The Morgan fingerprint density at radius 1 is 0.925 bits per heavy atom. The van der Waals surface area contributed by atoms with Crippen LogP contribution in [0.5, 0.6) is 5.75 Å². The van der Waals surface area contributed by atoms with Gasteiger partial charge in [-0.3, -0.25) is 19.2 Å². The summed E-state index contributed by atoms with van der Waals surface area (Å²) in [5.74, 6) is -12.0. The van der Waals surface area contributed by atoms with Crippen LogP contribution < -0.4 is 20.7 Å². The van der Waals surface area contributed by atoms with Gasteiger partial charge in [-0.2, -0.15) is 22.0 Å². The van der Waals surface area contributed by atoms with E-state index in [1.807, 2.05) is 0 Å². The number of alkyl halides is 5. The van der Waals surface area contributed by atoms with Gasteiger partial charge in [0.2, 0.25) is 11.7 Å². The van der Waals surface area contributed by atoms with E-state index in [0.717, 1.165) is 5.32 Å². The van der Waals surface area contributed by atoms with Crippen LogP contribution in [0.2, 0.25) is 5.02 Å². The lowest BCUT2D eigenvalue weighted by molar-refractivity contribution is -0.165. The number of amides is 3. The maximum absolute atomic E-state index is 14.5. The van der Waals surface area contributed by atoms with E-state index in [1.165, 1.54) is 26.0 Å². The van der Waals surface area contributed by atoms with Crippen molar-refractivity contribution in [1.29, 1.82) is 0 Å². The van der Waals surface area contributed by atoms with Gasteiger partial charge >= 0.3 is 12.1 Å². The van der Waals surface area contributed by atoms with Crippen LogP contribution >= 0.6 is 11.6 Å². The van der Waals surface area contributed by atoms with E-state index in [-0.39, 0.29) is 12.2 Å². The minimum Gasteiger partial charge on any atom is -0.484 e. The van der Waals surface area contributed by atoms with E-state index >= 15 is 0 Å². The van der Waals surface area contributed by atoms with Gasteiger partial charge in [0, 0.05) is 11.4 Å². The molecule has 0 saturated heterocycles. The number of halogens is 6. The molecule has 0 aliphatic carbocycles. The third-order valence-electron chi connectivity index (χ3n) is 5.39. The van der Waals surface area contributed by atoms with Crippen molar-refractivity contribution in [3.8, 4) is 5.75 Å². The molecule has 2 aromatic rings. The average molecular weight is 592 g/mol. The van der Waals surface area contributed by atoms with Gasteiger partial charge in [-0.1, -0.05) is 61.8 Å². The normalized spacial score (nSPS) is 13.2. The predicted molar refractivity (Wildman–Crippen MR) is 135 cm³/mol. The summed E-state index contributed by atoms with van der Waals surface area (Å²) in [6.45, 7) is -0.0366. The van der Waals surface area contributed by atoms with Crippen molar-refractivity contribution in [3.05, 3.63) is 65.2 Å². The lowest BCUT2D eigenvalue weighted by Gasteiger charge is -2.27. The summed E-state index contributed by atoms with van der Waals surface area (Å²) in [6.07, 6.45) is -5.10. The number of ether oxygens (including phenoxy) is 1. The molecule has 14 heteroatoms. The van der Waals surface area contributed by atoms with E-state index in [9.17, 15) is 41.1 Å². The minimum absolute atomic E-state index is 0.114. The van der Waals surface area contributed by atoms with Crippen LogP contribution in [0.15, 0.2) is 54.6 Å². The standard InChI is InChI=1S/C26H27ClF5N3O5/c1-15(2)21(22(37)26(31,32)24(39)33-14-25(28,29)30)35-23(38)19(11-16-7-4-3-5-8-16)34-20(36)13-40-18-10-6-9-17(27)12-18/h3-10,12,15,19,21H,11,13-14H2,1-2H3,(H,33,39)(H,34,36)(H,35,38). The highest BCUT2D eigenvalue weighted by atomic mass is 35.5. The number of carbonyl (C=O) groups excluding carboxylic acids is 4. The molecule has 0 aliphatic rings. The Labute approximate surface area is 231 Å². The third kappa shape index (κ3) is 10.1. The van der Waals surface area contributed by atoms with Crippen molar-refractivity contribution in [2.45, 2.75) is 44.5 Å². The van der Waals surface area contributed by atoms with Crippen LogP contribution in [-0.2, 0) is 25.6 Å². The molecule has 2 unspecified atom stereocenters. The minimum atomic E-state index is -4.99. The number of carbonyl (C=O) groups is 4. The van der Waals surface area contributed by atoms with Crippen LogP contribution in [0.1, 0.15) is 19.4 Å². The van der Waals surface area contributed by atoms with Crippen molar-refractivity contribution in [1.82, 2.24) is 16.0 Å². The van der Waals surface area contributed by atoms with Crippen molar-refractivity contribution in [2.24, 2.45) is 5.92 Å². The Kier molecular flexibility index (Phi) is 11.4. The first-order chi connectivity index (χ1) is 18.6. The van der Waals surface area contributed by atoms with Gasteiger partial charge in [0.1, 0.15) is 18.3 Å². The highest BCUT2D eigenvalue weighted by Gasteiger charge is 2.52.